The summed E-state index contributed by atoms with van der Waals surface area (Å²) in [6.07, 6.45) is 5.15. The molecule has 1 aliphatic rings. The van der Waals surface area contributed by atoms with Gasteiger partial charge in [-0.05, 0) is 38.3 Å². The zero-order valence-corrected chi connectivity index (χ0v) is 11.7. The Kier molecular flexibility index (Phi) is 3.05. The number of hydrogen-bond acceptors (Lipinski definition) is 2. The van der Waals surface area contributed by atoms with Crippen molar-refractivity contribution in [2.75, 3.05) is 5.73 Å². The molecular formula is C16H21N3. The molecule has 0 aliphatic heterocycles. The molecule has 1 aromatic heterocycles. The molecule has 19 heavy (non-hydrogen) atoms. The van der Waals surface area contributed by atoms with Gasteiger partial charge >= 0.3 is 0 Å². The van der Waals surface area contributed by atoms with Crippen LogP contribution in [0.25, 0.3) is 5.69 Å². The second-order valence-corrected chi connectivity index (χ2v) is 5.68. The summed E-state index contributed by atoms with van der Waals surface area (Å²) in [5.41, 5.74) is 10.9. The summed E-state index contributed by atoms with van der Waals surface area (Å²) >= 11 is 0. The van der Waals surface area contributed by atoms with E-state index in [-0.39, 0.29) is 0 Å². The Labute approximate surface area is 114 Å². The van der Waals surface area contributed by atoms with Gasteiger partial charge in [0.1, 0.15) is 5.82 Å². The van der Waals surface area contributed by atoms with Gasteiger partial charge in [-0.3, -0.25) is 0 Å². The molecule has 1 aliphatic carbocycles. The summed E-state index contributed by atoms with van der Waals surface area (Å²) < 4.78 is 1.89. The predicted molar refractivity (Wildman–Crippen MR) is 78.7 cm³/mol. The monoisotopic (exact) mass is 255 g/mol. The van der Waals surface area contributed by atoms with Crippen LogP contribution in [0.1, 0.15) is 48.4 Å². The second-order valence-electron chi connectivity index (χ2n) is 5.68. The molecule has 0 amide bonds. The number of benzene rings is 1. The van der Waals surface area contributed by atoms with Crippen molar-refractivity contribution in [2.45, 2.75) is 45.4 Å². The Bertz CT molecular complexity index is 592. The highest BCUT2D eigenvalue weighted by Gasteiger charge is 2.21. The van der Waals surface area contributed by atoms with Crippen LogP contribution in [0.3, 0.4) is 0 Å². The normalized spacial score (nSPS) is 16.1. The molecule has 2 aromatic rings. The molecule has 1 aromatic carbocycles. The van der Waals surface area contributed by atoms with Gasteiger partial charge in [0, 0.05) is 12.0 Å². The quantitative estimate of drug-likeness (QED) is 0.888. The zero-order chi connectivity index (χ0) is 13.4. The molecule has 0 spiro atoms. The summed E-state index contributed by atoms with van der Waals surface area (Å²) in [6.45, 7) is 4.21. The van der Waals surface area contributed by atoms with Crippen molar-refractivity contribution < 1.29 is 0 Å². The van der Waals surface area contributed by atoms with Crippen molar-refractivity contribution >= 4 is 5.82 Å². The van der Waals surface area contributed by atoms with Crippen molar-refractivity contribution in [2.24, 2.45) is 0 Å². The average Bonchev–Trinajstić information content (AvgIpc) is 2.98. The molecule has 2 N–H and O–H groups in total. The lowest BCUT2D eigenvalue weighted by atomic mass is 10.1. The molecule has 1 heterocycles. The van der Waals surface area contributed by atoms with Crippen molar-refractivity contribution in [3.8, 4) is 5.69 Å². The largest absolute Gasteiger partial charge is 0.384 e. The Hall–Kier alpha value is -1.77. The summed E-state index contributed by atoms with van der Waals surface area (Å²) in [7, 11) is 0. The van der Waals surface area contributed by atoms with Crippen LogP contribution < -0.4 is 5.73 Å². The number of aryl methyl sites for hydroxylation is 2. The average molecular weight is 255 g/mol. The molecular weight excluding hydrogens is 234 g/mol. The molecule has 0 unspecified atom stereocenters. The van der Waals surface area contributed by atoms with Gasteiger partial charge in [0.25, 0.3) is 0 Å². The van der Waals surface area contributed by atoms with Gasteiger partial charge in [-0.25, -0.2) is 4.68 Å². The van der Waals surface area contributed by atoms with Gasteiger partial charge in [-0.15, -0.1) is 0 Å². The molecule has 0 bridgehead atoms. The number of anilines is 1. The van der Waals surface area contributed by atoms with E-state index in [9.17, 15) is 0 Å². The van der Waals surface area contributed by atoms with E-state index < -0.39 is 0 Å². The van der Waals surface area contributed by atoms with Crippen molar-refractivity contribution in [3.63, 3.8) is 0 Å². The Morgan fingerprint density at radius 1 is 1.16 bits per heavy atom. The SMILES string of the molecule is Cc1ccc(-n2nc(C3CCCC3)cc2N)c(C)c1. The lowest BCUT2D eigenvalue weighted by Gasteiger charge is -2.09. The summed E-state index contributed by atoms with van der Waals surface area (Å²) in [4.78, 5) is 0. The second kappa shape index (κ2) is 4.72. The van der Waals surface area contributed by atoms with Crippen LogP contribution in [0.15, 0.2) is 24.3 Å². The lowest BCUT2D eigenvalue weighted by Crippen LogP contribution is -2.04. The van der Waals surface area contributed by atoms with Crippen molar-refractivity contribution in [1.29, 1.82) is 0 Å². The van der Waals surface area contributed by atoms with E-state index in [0.29, 0.717) is 5.92 Å². The lowest BCUT2D eigenvalue weighted by molar-refractivity contribution is 0.679. The maximum Gasteiger partial charge on any atom is 0.127 e. The van der Waals surface area contributed by atoms with Gasteiger partial charge in [0.15, 0.2) is 0 Å². The van der Waals surface area contributed by atoms with Crippen LogP contribution in [0.2, 0.25) is 0 Å². The number of nitrogens with zero attached hydrogens (tertiary/aromatic N) is 2. The third kappa shape index (κ3) is 2.25. The van der Waals surface area contributed by atoms with Gasteiger partial charge in [0.05, 0.1) is 11.4 Å². The standard InChI is InChI=1S/C16H21N3/c1-11-7-8-15(12(2)9-11)19-16(17)10-14(18-19)13-5-3-4-6-13/h7-10,13H,3-6,17H2,1-2H3. The Balaban J connectivity index is 2.00. The van der Waals surface area contributed by atoms with E-state index in [1.165, 1.54) is 36.8 Å². The van der Waals surface area contributed by atoms with Crippen molar-refractivity contribution in [1.82, 2.24) is 9.78 Å². The summed E-state index contributed by atoms with van der Waals surface area (Å²) in [5, 5.41) is 4.74. The van der Waals surface area contributed by atoms with E-state index in [0.717, 1.165) is 17.2 Å². The number of nitrogens with two attached hydrogens (primary N) is 1. The topological polar surface area (TPSA) is 43.8 Å². The van der Waals surface area contributed by atoms with E-state index >= 15 is 0 Å². The van der Waals surface area contributed by atoms with Crippen LogP contribution in [0.4, 0.5) is 5.82 Å². The molecule has 1 saturated carbocycles. The molecule has 3 rings (SSSR count). The zero-order valence-electron chi connectivity index (χ0n) is 11.7. The molecule has 0 saturated heterocycles. The van der Waals surface area contributed by atoms with Gasteiger partial charge < -0.3 is 5.73 Å². The van der Waals surface area contributed by atoms with Crippen LogP contribution in [0, 0.1) is 13.8 Å². The number of hydrogen-bond donors (Lipinski definition) is 1. The molecule has 3 heteroatoms. The Morgan fingerprint density at radius 3 is 2.58 bits per heavy atom. The minimum absolute atomic E-state index is 0.606. The highest BCUT2D eigenvalue weighted by Crippen LogP contribution is 2.34. The first-order valence-electron chi connectivity index (χ1n) is 7.08. The first-order valence-corrected chi connectivity index (χ1v) is 7.08. The number of rotatable bonds is 2. The number of nitrogen functional groups attached to an aromatic ring is 1. The maximum atomic E-state index is 6.15. The first-order chi connectivity index (χ1) is 9.15. The third-order valence-corrected chi connectivity index (χ3v) is 4.11. The Morgan fingerprint density at radius 2 is 1.89 bits per heavy atom. The fourth-order valence-electron chi connectivity index (χ4n) is 3.07. The van der Waals surface area contributed by atoms with E-state index in [1.54, 1.807) is 0 Å². The van der Waals surface area contributed by atoms with Gasteiger partial charge in [-0.2, -0.15) is 5.10 Å². The highest BCUT2D eigenvalue weighted by atomic mass is 15.3. The molecule has 100 valence electrons. The van der Waals surface area contributed by atoms with E-state index in [4.69, 9.17) is 10.8 Å². The van der Waals surface area contributed by atoms with E-state index in [2.05, 4.69) is 38.1 Å². The minimum atomic E-state index is 0.606. The van der Waals surface area contributed by atoms with E-state index in [1.807, 2.05) is 4.68 Å². The van der Waals surface area contributed by atoms with Crippen LogP contribution >= 0.6 is 0 Å². The molecule has 3 nitrogen and oxygen atoms in total. The molecule has 0 radical (unpaired) electrons. The van der Waals surface area contributed by atoms with Gasteiger partial charge in [-0.1, -0.05) is 30.5 Å². The minimum Gasteiger partial charge on any atom is -0.384 e. The van der Waals surface area contributed by atoms with Crippen LogP contribution in [-0.2, 0) is 0 Å². The fourth-order valence-corrected chi connectivity index (χ4v) is 3.07. The predicted octanol–water partition coefficient (Wildman–Crippen LogP) is 3.73. The van der Waals surface area contributed by atoms with Crippen LogP contribution in [-0.4, -0.2) is 9.78 Å². The molecule has 1 fully saturated rings. The van der Waals surface area contributed by atoms with Crippen molar-refractivity contribution in [3.05, 3.63) is 41.1 Å². The van der Waals surface area contributed by atoms with Crippen LogP contribution in [0.5, 0.6) is 0 Å². The number of aromatic nitrogens is 2. The fraction of sp³-hybridized carbons (Fsp3) is 0.438. The summed E-state index contributed by atoms with van der Waals surface area (Å²) in [5.74, 6) is 1.35. The smallest absolute Gasteiger partial charge is 0.127 e. The third-order valence-electron chi connectivity index (χ3n) is 4.11. The molecule has 0 atom stereocenters. The first kappa shape index (κ1) is 12.3. The maximum absolute atomic E-state index is 6.15. The van der Waals surface area contributed by atoms with Gasteiger partial charge in [0.2, 0.25) is 0 Å². The highest BCUT2D eigenvalue weighted by molar-refractivity contribution is 5.48. The summed E-state index contributed by atoms with van der Waals surface area (Å²) in [6, 6.07) is 8.44.